The summed E-state index contributed by atoms with van der Waals surface area (Å²) in [5, 5.41) is 8.27. The second-order valence-corrected chi connectivity index (χ2v) is 6.10. The molecule has 0 aliphatic heterocycles. The van der Waals surface area contributed by atoms with Crippen molar-refractivity contribution in [1.82, 2.24) is 0 Å². The van der Waals surface area contributed by atoms with Gasteiger partial charge in [0.05, 0.1) is 6.07 Å². The minimum Gasteiger partial charge on any atom is -0.259 e. The summed E-state index contributed by atoms with van der Waals surface area (Å²) in [5.74, 6) is 0.727. The monoisotopic (exact) mass is 187 g/mol. The fourth-order valence-corrected chi connectivity index (χ4v) is 1.82. The molecule has 0 aromatic heterocycles. The Hall–Kier alpha value is -0.360. The van der Waals surface area contributed by atoms with Gasteiger partial charge in [0.15, 0.2) is 0 Å². The van der Waals surface area contributed by atoms with Gasteiger partial charge in [-0.1, -0.05) is 0 Å². The van der Waals surface area contributed by atoms with E-state index in [0.29, 0.717) is 6.42 Å². The molecule has 0 fully saturated rings. The van der Waals surface area contributed by atoms with E-state index >= 15 is 0 Å². The van der Waals surface area contributed by atoms with Gasteiger partial charge in [-0.3, -0.25) is 4.21 Å². The molecule has 2 nitrogen and oxygen atoms in total. The topological polar surface area (TPSA) is 40.9 Å². The Morgan fingerprint density at radius 2 is 1.92 bits per heavy atom. The zero-order valence-corrected chi connectivity index (χ0v) is 8.91. The molecule has 0 saturated heterocycles. The minimum absolute atomic E-state index is 0.105. The lowest BCUT2D eigenvalue weighted by Gasteiger charge is -2.17. The molecule has 1 unspecified atom stereocenters. The molecule has 0 N–H and O–H groups in total. The standard InChI is InChI=1S/C9H17NOS/c1-9(2,3)12(11)8-6-4-5-7-10/h4-6,8H2,1-3H3. The van der Waals surface area contributed by atoms with Gasteiger partial charge in [-0.05, 0) is 33.6 Å². The normalized spacial score (nSPS) is 13.8. The van der Waals surface area contributed by atoms with Crippen LogP contribution in [0, 0.1) is 11.3 Å². The molecule has 3 heteroatoms. The molecule has 0 aliphatic carbocycles. The van der Waals surface area contributed by atoms with Gasteiger partial charge in [0.25, 0.3) is 0 Å². The maximum Gasteiger partial charge on any atom is 0.0621 e. The summed E-state index contributed by atoms with van der Waals surface area (Å²) in [6.45, 7) is 5.94. The van der Waals surface area contributed by atoms with Crippen molar-refractivity contribution in [3.05, 3.63) is 0 Å². The van der Waals surface area contributed by atoms with E-state index in [1.54, 1.807) is 0 Å². The number of hydrogen-bond acceptors (Lipinski definition) is 2. The average molecular weight is 187 g/mol. The highest BCUT2D eigenvalue weighted by molar-refractivity contribution is 7.86. The summed E-state index contributed by atoms with van der Waals surface area (Å²) in [5.41, 5.74) is 0. The lowest BCUT2D eigenvalue weighted by molar-refractivity contribution is 0.644. The molecule has 12 heavy (non-hydrogen) atoms. The van der Waals surface area contributed by atoms with Crippen LogP contribution in [0.1, 0.15) is 40.0 Å². The maximum absolute atomic E-state index is 11.5. The molecule has 0 rings (SSSR count). The average Bonchev–Trinajstić information content (AvgIpc) is 1.96. The summed E-state index contributed by atoms with van der Waals surface area (Å²) >= 11 is 0. The van der Waals surface area contributed by atoms with Crippen LogP contribution in [0.4, 0.5) is 0 Å². The van der Waals surface area contributed by atoms with E-state index in [1.165, 1.54) is 0 Å². The van der Waals surface area contributed by atoms with Crippen molar-refractivity contribution >= 4 is 10.8 Å². The molecule has 0 aliphatic rings. The smallest absolute Gasteiger partial charge is 0.0621 e. The lowest BCUT2D eigenvalue weighted by Crippen LogP contribution is -2.23. The van der Waals surface area contributed by atoms with Crippen LogP contribution in [0.15, 0.2) is 0 Å². The van der Waals surface area contributed by atoms with Gasteiger partial charge in [-0.25, -0.2) is 0 Å². The Morgan fingerprint density at radius 3 is 2.33 bits per heavy atom. The molecule has 0 radical (unpaired) electrons. The van der Waals surface area contributed by atoms with Crippen LogP contribution in [0.2, 0.25) is 0 Å². The third-order valence-electron chi connectivity index (χ3n) is 1.55. The molecule has 70 valence electrons. The quantitative estimate of drug-likeness (QED) is 0.633. The number of rotatable bonds is 4. The second-order valence-electron chi connectivity index (χ2n) is 3.78. The van der Waals surface area contributed by atoms with Gasteiger partial charge >= 0.3 is 0 Å². The maximum atomic E-state index is 11.5. The summed E-state index contributed by atoms with van der Waals surface area (Å²) in [7, 11) is -0.750. The summed E-state index contributed by atoms with van der Waals surface area (Å²) in [4.78, 5) is 0. The molecule has 0 heterocycles. The van der Waals surface area contributed by atoms with Gasteiger partial charge in [0.1, 0.15) is 0 Å². The third kappa shape index (κ3) is 5.31. The van der Waals surface area contributed by atoms with Gasteiger partial charge in [-0.2, -0.15) is 5.26 Å². The zero-order chi connectivity index (χ0) is 9.61. The molecule has 1 atom stereocenters. The Labute approximate surface area is 77.4 Å². The number of unbranched alkanes of at least 4 members (excludes halogenated alkanes) is 2. The summed E-state index contributed by atoms with van der Waals surface area (Å²) < 4.78 is 11.4. The van der Waals surface area contributed by atoms with Crippen LogP contribution in [0.3, 0.4) is 0 Å². The first-order chi connectivity index (χ1) is 5.48. The Balaban J connectivity index is 3.53. The number of nitriles is 1. The van der Waals surface area contributed by atoms with E-state index in [0.717, 1.165) is 18.6 Å². The predicted octanol–water partition coefficient (Wildman–Crippen LogP) is 2.23. The molecular weight excluding hydrogens is 170 g/mol. The fourth-order valence-electron chi connectivity index (χ4n) is 0.743. The second kappa shape index (κ2) is 5.31. The molecule has 0 bridgehead atoms. The SMILES string of the molecule is CC(C)(C)S(=O)CCCCC#N. The fraction of sp³-hybridized carbons (Fsp3) is 0.889. The van der Waals surface area contributed by atoms with Crippen LogP contribution in [-0.2, 0) is 10.8 Å². The van der Waals surface area contributed by atoms with Crippen molar-refractivity contribution in [3.8, 4) is 6.07 Å². The van der Waals surface area contributed by atoms with Crippen molar-refractivity contribution in [2.45, 2.75) is 44.8 Å². The molecule has 0 aromatic carbocycles. The van der Waals surface area contributed by atoms with Crippen LogP contribution in [0.25, 0.3) is 0 Å². The van der Waals surface area contributed by atoms with Crippen LogP contribution < -0.4 is 0 Å². The highest BCUT2D eigenvalue weighted by atomic mass is 32.2. The van der Waals surface area contributed by atoms with E-state index in [9.17, 15) is 4.21 Å². The number of hydrogen-bond donors (Lipinski definition) is 0. The van der Waals surface area contributed by atoms with E-state index in [4.69, 9.17) is 5.26 Å². The van der Waals surface area contributed by atoms with Gasteiger partial charge in [0.2, 0.25) is 0 Å². The van der Waals surface area contributed by atoms with E-state index < -0.39 is 10.8 Å². The van der Waals surface area contributed by atoms with Gasteiger partial charge < -0.3 is 0 Å². The first-order valence-corrected chi connectivity index (χ1v) is 5.56. The first kappa shape index (κ1) is 11.6. The highest BCUT2D eigenvalue weighted by Gasteiger charge is 2.18. The van der Waals surface area contributed by atoms with Crippen LogP contribution in [-0.4, -0.2) is 14.7 Å². The number of nitrogens with zero attached hydrogens (tertiary/aromatic N) is 1. The predicted molar refractivity (Wildman–Crippen MR) is 52.2 cm³/mol. The largest absolute Gasteiger partial charge is 0.259 e. The van der Waals surface area contributed by atoms with Crippen LogP contribution >= 0.6 is 0 Å². The summed E-state index contributed by atoms with van der Waals surface area (Å²) in [6.07, 6.45) is 2.36. The van der Waals surface area contributed by atoms with Crippen molar-refractivity contribution in [2.24, 2.45) is 0 Å². The molecular formula is C9H17NOS. The van der Waals surface area contributed by atoms with Crippen molar-refractivity contribution in [3.63, 3.8) is 0 Å². The first-order valence-electron chi connectivity index (χ1n) is 4.24. The molecule has 0 aromatic rings. The Morgan fingerprint density at radius 1 is 1.33 bits per heavy atom. The van der Waals surface area contributed by atoms with Gasteiger partial charge in [0, 0.05) is 27.7 Å². The zero-order valence-electron chi connectivity index (χ0n) is 8.09. The molecule has 0 saturated carbocycles. The van der Waals surface area contributed by atoms with E-state index in [2.05, 4.69) is 6.07 Å². The Bertz CT molecular complexity index is 188. The van der Waals surface area contributed by atoms with Gasteiger partial charge in [-0.15, -0.1) is 0 Å². The van der Waals surface area contributed by atoms with Crippen LogP contribution in [0.5, 0.6) is 0 Å². The van der Waals surface area contributed by atoms with Crippen molar-refractivity contribution in [1.29, 1.82) is 5.26 Å². The minimum atomic E-state index is -0.750. The molecule has 0 amide bonds. The van der Waals surface area contributed by atoms with E-state index in [1.807, 2.05) is 20.8 Å². The van der Waals surface area contributed by atoms with E-state index in [-0.39, 0.29) is 4.75 Å². The van der Waals surface area contributed by atoms with Crippen molar-refractivity contribution in [2.75, 3.05) is 5.75 Å². The Kier molecular flexibility index (Phi) is 5.16. The lowest BCUT2D eigenvalue weighted by atomic mass is 10.3. The molecule has 0 spiro atoms. The summed E-state index contributed by atoms with van der Waals surface area (Å²) in [6, 6.07) is 2.08. The highest BCUT2D eigenvalue weighted by Crippen LogP contribution is 2.12. The third-order valence-corrected chi connectivity index (χ3v) is 3.58. The van der Waals surface area contributed by atoms with Crippen molar-refractivity contribution < 1.29 is 4.21 Å².